The highest BCUT2D eigenvalue weighted by molar-refractivity contribution is 5.85. The second-order valence-electron chi connectivity index (χ2n) is 4.82. The lowest BCUT2D eigenvalue weighted by Gasteiger charge is -2.42. The SMILES string of the molecule is COCC1CCCCN1C1CCNCC1.Cl.Cl. The Bertz CT molecular complexity index is 177. The van der Waals surface area contributed by atoms with Crippen LogP contribution in [0.25, 0.3) is 0 Å². The third-order valence-electron chi connectivity index (χ3n) is 3.81. The van der Waals surface area contributed by atoms with E-state index in [9.17, 15) is 0 Å². The molecule has 0 amide bonds. The number of halogens is 2. The van der Waals surface area contributed by atoms with E-state index in [1.54, 1.807) is 0 Å². The summed E-state index contributed by atoms with van der Waals surface area (Å²) in [7, 11) is 1.83. The lowest BCUT2D eigenvalue weighted by atomic mass is 9.96. The van der Waals surface area contributed by atoms with Crippen molar-refractivity contribution in [2.45, 2.75) is 44.2 Å². The van der Waals surface area contributed by atoms with Crippen LogP contribution in [0.15, 0.2) is 0 Å². The van der Waals surface area contributed by atoms with E-state index in [1.165, 1.54) is 51.7 Å². The van der Waals surface area contributed by atoms with E-state index >= 15 is 0 Å². The van der Waals surface area contributed by atoms with Gasteiger partial charge in [0.25, 0.3) is 0 Å². The maximum Gasteiger partial charge on any atom is 0.0618 e. The number of rotatable bonds is 3. The van der Waals surface area contributed by atoms with Crippen LogP contribution in [-0.4, -0.2) is 50.3 Å². The highest BCUT2D eigenvalue weighted by atomic mass is 35.5. The van der Waals surface area contributed by atoms with E-state index in [0.717, 1.165) is 12.6 Å². The molecule has 1 atom stereocenters. The summed E-state index contributed by atoms with van der Waals surface area (Å²) in [4.78, 5) is 2.72. The van der Waals surface area contributed by atoms with Crippen LogP contribution in [0.4, 0.5) is 0 Å². The summed E-state index contributed by atoms with van der Waals surface area (Å²) in [5, 5.41) is 3.44. The minimum absolute atomic E-state index is 0. The van der Waals surface area contributed by atoms with Crippen molar-refractivity contribution in [3.8, 4) is 0 Å². The fraction of sp³-hybridized carbons (Fsp3) is 1.00. The normalized spacial score (nSPS) is 27.0. The van der Waals surface area contributed by atoms with E-state index < -0.39 is 0 Å². The number of hydrogen-bond donors (Lipinski definition) is 1. The largest absolute Gasteiger partial charge is 0.383 e. The summed E-state index contributed by atoms with van der Waals surface area (Å²) in [5.41, 5.74) is 0. The van der Waals surface area contributed by atoms with Crippen LogP contribution in [0, 0.1) is 0 Å². The van der Waals surface area contributed by atoms with Gasteiger partial charge in [0.1, 0.15) is 0 Å². The monoisotopic (exact) mass is 284 g/mol. The molecule has 2 rings (SSSR count). The molecule has 2 aliphatic rings. The second kappa shape index (κ2) is 9.40. The smallest absolute Gasteiger partial charge is 0.0618 e. The van der Waals surface area contributed by atoms with Crippen LogP contribution >= 0.6 is 24.8 Å². The van der Waals surface area contributed by atoms with Crippen LogP contribution in [0.1, 0.15) is 32.1 Å². The molecule has 0 saturated carbocycles. The molecule has 1 unspecified atom stereocenters. The quantitative estimate of drug-likeness (QED) is 0.859. The van der Waals surface area contributed by atoms with Gasteiger partial charge in [-0.1, -0.05) is 6.42 Å². The molecule has 5 heteroatoms. The molecule has 1 N–H and O–H groups in total. The third kappa shape index (κ3) is 4.92. The Morgan fingerprint density at radius 1 is 1.12 bits per heavy atom. The van der Waals surface area contributed by atoms with Gasteiger partial charge >= 0.3 is 0 Å². The molecule has 2 fully saturated rings. The van der Waals surface area contributed by atoms with Gasteiger partial charge in [0.15, 0.2) is 0 Å². The van der Waals surface area contributed by atoms with Crippen molar-refractivity contribution < 1.29 is 4.74 Å². The lowest BCUT2D eigenvalue weighted by Crippen LogP contribution is -2.51. The summed E-state index contributed by atoms with van der Waals surface area (Å²) in [5.74, 6) is 0. The zero-order valence-electron chi connectivity index (χ0n) is 10.7. The maximum absolute atomic E-state index is 5.35. The Morgan fingerprint density at radius 3 is 2.47 bits per heavy atom. The van der Waals surface area contributed by atoms with Crippen LogP contribution in [0.2, 0.25) is 0 Å². The Kier molecular flexibility index (Phi) is 9.65. The van der Waals surface area contributed by atoms with Gasteiger partial charge in [-0.05, 0) is 45.3 Å². The van der Waals surface area contributed by atoms with Crippen molar-refractivity contribution >= 4 is 24.8 Å². The summed E-state index contributed by atoms with van der Waals surface area (Å²) in [6.07, 6.45) is 6.73. The number of hydrogen-bond acceptors (Lipinski definition) is 3. The summed E-state index contributed by atoms with van der Waals surface area (Å²) in [6.45, 7) is 4.60. The predicted molar refractivity (Wildman–Crippen MR) is 76.6 cm³/mol. The number of likely N-dealkylation sites (tertiary alicyclic amines) is 1. The number of nitrogens with zero attached hydrogens (tertiary/aromatic N) is 1. The zero-order valence-corrected chi connectivity index (χ0v) is 12.3. The number of nitrogens with one attached hydrogen (secondary N) is 1. The van der Waals surface area contributed by atoms with Gasteiger partial charge < -0.3 is 10.1 Å². The fourth-order valence-electron chi connectivity index (χ4n) is 3.01. The number of piperidine rings is 2. The van der Waals surface area contributed by atoms with E-state index in [-0.39, 0.29) is 24.8 Å². The van der Waals surface area contributed by atoms with Gasteiger partial charge in [0.05, 0.1) is 6.61 Å². The average molecular weight is 285 g/mol. The van der Waals surface area contributed by atoms with Crippen molar-refractivity contribution in [1.29, 1.82) is 0 Å². The molecule has 2 heterocycles. The standard InChI is InChI=1S/C12H24N2O.2ClH/c1-15-10-12-4-2-3-9-14(12)11-5-7-13-8-6-11;;/h11-13H,2-10H2,1H3;2*1H. The predicted octanol–water partition coefficient (Wildman–Crippen LogP) is 2.08. The van der Waals surface area contributed by atoms with Crippen molar-refractivity contribution in [3.05, 3.63) is 0 Å². The molecule has 0 aliphatic carbocycles. The fourth-order valence-corrected chi connectivity index (χ4v) is 3.01. The molecule has 0 bridgehead atoms. The first-order chi connectivity index (χ1) is 7.42. The number of methoxy groups -OCH3 is 1. The first-order valence-electron chi connectivity index (χ1n) is 6.37. The van der Waals surface area contributed by atoms with Gasteiger partial charge in [-0.2, -0.15) is 0 Å². The van der Waals surface area contributed by atoms with E-state index in [0.29, 0.717) is 6.04 Å². The average Bonchev–Trinajstić information content (AvgIpc) is 2.31. The first-order valence-corrected chi connectivity index (χ1v) is 6.37. The summed E-state index contributed by atoms with van der Waals surface area (Å²) < 4.78 is 5.35. The molecule has 0 aromatic heterocycles. The molecule has 0 radical (unpaired) electrons. The van der Waals surface area contributed by atoms with Gasteiger partial charge in [0, 0.05) is 19.2 Å². The molecule has 104 valence electrons. The van der Waals surface area contributed by atoms with Crippen LogP contribution in [0.5, 0.6) is 0 Å². The molecule has 17 heavy (non-hydrogen) atoms. The Morgan fingerprint density at radius 2 is 1.82 bits per heavy atom. The molecule has 0 aromatic carbocycles. The van der Waals surface area contributed by atoms with Crippen LogP contribution < -0.4 is 5.32 Å². The highest BCUT2D eigenvalue weighted by Crippen LogP contribution is 2.23. The first kappa shape index (κ1) is 17.5. The second-order valence-corrected chi connectivity index (χ2v) is 4.82. The minimum atomic E-state index is 0. The molecule has 3 nitrogen and oxygen atoms in total. The van der Waals surface area contributed by atoms with E-state index in [1.807, 2.05) is 7.11 Å². The topological polar surface area (TPSA) is 24.5 Å². The zero-order chi connectivity index (χ0) is 10.5. The van der Waals surface area contributed by atoms with Crippen molar-refractivity contribution in [1.82, 2.24) is 10.2 Å². The molecular weight excluding hydrogens is 259 g/mol. The molecule has 0 aromatic rings. The Labute approximate surface area is 117 Å². The van der Waals surface area contributed by atoms with E-state index in [4.69, 9.17) is 4.74 Å². The maximum atomic E-state index is 5.35. The number of ether oxygens (including phenoxy) is 1. The van der Waals surface area contributed by atoms with Gasteiger partial charge in [0.2, 0.25) is 0 Å². The van der Waals surface area contributed by atoms with E-state index in [2.05, 4.69) is 10.2 Å². The van der Waals surface area contributed by atoms with Crippen molar-refractivity contribution in [2.75, 3.05) is 33.4 Å². The van der Waals surface area contributed by atoms with Crippen molar-refractivity contribution in [2.24, 2.45) is 0 Å². The van der Waals surface area contributed by atoms with Gasteiger partial charge in [-0.15, -0.1) is 24.8 Å². The molecule has 2 saturated heterocycles. The van der Waals surface area contributed by atoms with Crippen molar-refractivity contribution in [3.63, 3.8) is 0 Å². The molecule has 2 aliphatic heterocycles. The van der Waals surface area contributed by atoms with Gasteiger partial charge in [-0.3, -0.25) is 4.90 Å². The summed E-state index contributed by atoms with van der Waals surface area (Å²) >= 11 is 0. The van der Waals surface area contributed by atoms with Crippen LogP contribution in [0.3, 0.4) is 0 Å². The lowest BCUT2D eigenvalue weighted by molar-refractivity contribution is 0.0259. The third-order valence-corrected chi connectivity index (χ3v) is 3.81. The minimum Gasteiger partial charge on any atom is -0.383 e. The molecule has 0 spiro atoms. The summed E-state index contributed by atoms with van der Waals surface area (Å²) in [6, 6.07) is 1.50. The Balaban J connectivity index is 0.00000128. The Hall–Kier alpha value is 0.460. The highest BCUT2D eigenvalue weighted by Gasteiger charge is 2.29. The molecular formula is C12H26Cl2N2O. The van der Waals surface area contributed by atoms with Gasteiger partial charge in [-0.25, -0.2) is 0 Å². The van der Waals surface area contributed by atoms with Crippen LogP contribution in [-0.2, 0) is 4.74 Å².